The van der Waals surface area contributed by atoms with E-state index < -0.39 is 4.71 Å². The predicted molar refractivity (Wildman–Crippen MR) is 50.5 cm³/mol. The third-order valence-electron chi connectivity index (χ3n) is 1.17. The molecule has 1 heterocycles. The molecule has 0 radical (unpaired) electrons. The zero-order chi connectivity index (χ0) is 9.90. The van der Waals surface area contributed by atoms with Crippen molar-refractivity contribution in [1.29, 1.82) is 0 Å². The Hall–Kier alpha value is -0.0600. The van der Waals surface area contributed by atoms with E-state index in [-0.39, 0.29) is 16.8 Å². The lowest BCUT2D eigenvalue weighted by Crippen LogP contribution is -1.98. The zero-order valence-corrected chi connectivity index (χ0v) is 8.63. The Kier molecular flexibility index (Phi) is 3.76. The molecule has 0 aliphatic heterocycles. The number of pyridine rings is 1. The number of alkyl halides is 4. The molecule has 0 saturated heterocycles. The summed E-state index contributed by atoms with van der Waals surface area (Å²) in [6, 6.07) is 3.09. The van der Waals surface area contributed by atoms with Crippen molar-refractivity contribution in [3.8, 4) is 0 Å². The summed E-state index contributed by atoms with van der Waals surface area (Å²) < 4.78 is 21.2. The maximum atomic E-state index is 12.3. The summed E-state index contributed by atoms with van der Waals surface area (Å²) in [5, 5.41) is 0.175. The van der Waals surface area contributed by atoms with Gasteiger partial charge in [0.1, 0.15) is 5.03 Å². The Morgan fingerprint density at radius 3 is 2.54 bits per heavy atom. The Morgan fingerprint density at radius 2 is 2.15 bits per heavy atom. The van der Waals surface area contributed by atoms with Crippen LogP contribution >= 0.6 is 35.0 Å². The molecule has 6 heteroatoms. The fourth-order valence-corrected chi connectivity index (χ4v) is 1.54. The number of thioether (sulfide) groups is 1. The molecule has 0 spiro atoms. The largest absolute Gasteiger partial charge is 0.377 e. The minimum atomic E-state index is -3.31. The lowest BCUT2D eigenvalue weighted by molar-refractivity contribution is 0.203. The van der Waals surface area contributed by atoms with E-state index >= 15 is 0 Å². The van der Waals surface area contributed by atoms with Crippen LogP contribution in [0.25, 0.3) is 0 Å². The molecule has 0 aliphatic carbocycles. The molecule has 0 amide bonds. The molecule has 0 aliphatic rings. The standard InChI is InChI=1S/C7H5Cl2F2NS/c8-3-5-1-2-6(12-4-5)13-7(9,10)11/h1-2,4H,3H2. The maximum Gasteiger partial charge on any atom is 0.377 e. The molecule has 0 aromatic carbocycles. The molecule has 1 nitrogen and oxygen atoms in total. The quantitative estimate of drug-likeness (QED) is 0.593. The van der Waals surface area contributed by atoms with Crippen molar-refractivity contribution in [3.05, 3.63) is 23.9 Å². The predicted octanol–water partition coefficient (Wildman–Crippen LogP) is 3.70. The smallest absolute Gasteiger partial charge is 0.249 e. The van der Waals surface area contributed by atoms with Gasteiger partial charge in [0.15, 0.2) is 0 Å². The van der Waals surface area contributed by atoms with Crippen molar-refractivity contribution in [2.45, 2.75) is 15.6 Å². The second-order valence-electron chi connectivity index (χ2n) is 2.19. The van der Waals surface area contributed by atoms with Crippen LogP contribution in [0.2, 0.25) is 0 Å². The Labute approximate surface area is 88.4 Å². The lowest BCUT2D eigenvalue weighted by Gasteiger charge is -2.05. The molecule has 1 aromatic heterocycles. The molecule has 0 saturated carbocycles. The first-order valence-corrected chi connectivity index (χ1v) is 5.01. The number of nitrogens with zero attached hydrogens (tertiary/aromatic N) is 1. The second-order valence-corrected chi connectivity index (χ2v) is 4.29. The molecule has 0 fully saturated rings. The van der Waals surface area contributed by atoms with E-state index in [1.54, 1.807) is 6.07 Å². The highest BCUT2D eigenvalue weighted by Crippen LogP contribution is 2.37. The van der Waals surface area contributed by atoms with Gasteiger partial charge >= 0.3 is 4.71 Å². The maximum absolute atomic E-state index is 12.3. The van der Waals surface area contributed by atoms with Gasteiger partial charge in [-0.15, -0.1) is 11.6 Å². The van der Waals surface area contributed by atoms with E-state index in [2.05, 4.69) is 4.98 Å². The van der Waals surface area contributed by atoms with Gasteiger partial charge in [0.05, 0.1) is 0 Å². The number of hydrogen-bond acceptors (Lipinski definition) is 2. The third kappa shape index (κ3) is 4.11. The Morgan fingerprint density at radius 1 is 1.46 bits per heavy atom. The molecule has 0 bridgehead atoms. The highest BCUT2D eigenvalue weighted by Gasteiger charge is 2.26. The Balaban J connectivity index is 2.70. The number of halogens is 4. The summed E-state index contributed by atoms with van der Waals surface area (Å²) in [6.07, 6.45) is 1.44. The topological polar surface area (TPSA) is 12.9 Å². The fourth-order valence-electron chi connectivity index (χ4n) is 0.669. The van der Waals surface area contributed by atoms with Crippen LogP contribution in [0.5, 0.6) is 0 Å². The van der Waals surface area contributed by atoms with Gasteiger partial charge in [-0.1, -0.05) is 6.07 Å². The van der Waals surface area contributed by atoms with Crippen molar-refractivity contribution in [2.75, 3.05) is 0 Å². The van der Waals surface area contributed by atoms with Gasteiger partial charge < -0.3 is 0 Å². The van der Waals surface area contributed by atoms with E-state index in [4.69, 9.17) is 23.2 Å². The van der Waals surface area contributed by atoms with Gasteiger partial charge in [0.25, 0.3) is 0 Å². The van der Waals surface area contributed by atoms with Gasteiger partial charge in [-0.2, -0.15) is 8.78 Å². The van der Waals surface area contributed by atoms with E-state index in [0.717, 1.165) is 5.56 Å². The molecule has 13 heavy (non-hydrogen) atoms. The van der Waals surface area contributed by atoms with Crippen LogP contribution in [0.3, 0.4) is 0 Å². The number of rotatable bonds is 3. The monoisotopic (exact) mass is 243 g/mol. The lowest BCUT2D eigenvalue weighted by atomic mass is 10.3. The normalized spacial score (nSPS) is 11.7. The van der Waals surface area contributed by atoms with Crippen LogP contribution in [0.1, 0.15) is 5.56 Å². The fraction of sp³-hybridized carbons (Fsp3) is 0.286. The average molecular weight is 244 g/mol. The van der Waals surface area contributed by atoms with Crippen LogP contribution in [0.15, 0.2) is 23.4 Å². The molecule has 0 N–H and O–H groups in total. The minimum absolute atomic E-state index is 0.175. The summed E-state index contributed by atoms with van der Waals surface area (Å²) >= 11 is 10.4. The van der Waals surface area contributed by atoms with E-state index in [9.17, 15) is 8.78 Å². The Bertz CT molecular complexity index is 273. The summed E-state index contributed by atoms with van der Waals surface area (Å²) in [4.78, 5) is 3.75. The van der Waals surface area contributed by atoms with Gasteiger partial charge in [0.2, 0.25) is 0 Å². The summed E-state index contributed by atoms with van der Waals surface area (Å²) in [7, 11) is 0. The molecule has 0 unspecified atom stereocenters. The van der Waals surface area contributed by atoms with Crippen molar-refractivity contribution in [3.63, 3.8) is 0 Å². The average Bonchev–Trinajstić information content (AvgIpc) is 2.03. The van der Waals surface area contributed by atoms with Gasteiger partial charge in [-0.25, -0.2) is 4.98 Å². The second kappa shape index (κ2) is 4.44. The van der Waals surface area contributed by atoms with Crippen LogP contribution in [-0.2, 0) is 5.88 Å². The van der Waals surface area contributed by atoms with Gasteiger partial charge in [-0.05, 0) is 35.0 Å². The van der Waals surface area contributed by atoms with Gasteiger partial charge in [0, 0.05) is 12.1 Å². The van der Waals surface area contributed by atoms with Crippen LogP contribution in [0.4, 0.5) is 8.78 Å². The summed E-state index contributed by atoms with van der Waals surface area (Å²) in [6.45, 7) is 0. The van der Waals surface area contributed by atoms with Gasteiger partial charge in [-0.3, -0.25) is 0 Å². The zero-order valence-electron chi connectivity index (χ0n) is 6.31. The molecular weight excluding hydrogens is 239 g/mol. The van der Waals surface area contributed by atoms with Crippen LogP contribution < -0.4 is 0 Å². The molecule has 1 aromatic rings. The van der Waals surface area contributed by atoms with Crippen molar-refractivity contribution in [2.24, 2.45) is 0 Å². The van der Waals surface area contributed by atoms with Crippen LogP contribution in [0, 0.1) is 0 Å². The van der Waals surface area contributed by atoms with Crippen molar-refractivity contribution in [1.82, 2.24) is 4.98 Å². The molecule has 0 atom stereocenters. The van der Waals surface area contributed by atoms with E-state index in [1.165, 1.54) is 12.3 Å². The highest BCUT2D eigenvalue weighted by atomic mass is 35.5. The third-order valence-corrected chi connectivity index (χ3v) is 2.39. The first kappa shape index (κ1) is 11.0. The first-order valence-electron chi connectivity index (χ1n) is 3.28. The van der Waals surface area contributed by atoms with Crippen molar-refractivity contribution < 1.29 is 8.78 Å². The number of hydrogen-bond donors (Lipinski definition) is 0. The molecule has 1 rings (SSSR count). The van der Waals surface area contributed by atoms with E-state index in [0.29, 0.717) is 5.88 Å². The van der Waals surface area contributed by atoms with Crippen LogP contribution in [-0.4, -0.2) is 9.70 Å². The van der Waals surface area contributed by atoms with E-state index in [1.807, 2.05) is 0 Å². The summed E-state index contributed by atoms with van der Waals surface area (Å²) in [5.41, 5.74) is 0.781. The first-order chi connectivity index (χ1) is 6.01. The van der Waals surface area contributed by atoms with Crippen molar-refractivity contribution >= 4 is 35.0 Å². The highest BCUT2D eigenvalue weighted by molar-refractivity contribution is 8.01. The summed E-state index contributed by atoms with van der Waals surface area (Å²) in [5.74, 6) is 0.315. The molecular formula is C7H5Cl2F2NS. The molecule has 72 valence electrons. The SMILES string of the molecule is FC(F)(Cl)Sc1ccc(CCl)cn1. The number of aromatic nitrogens is 1. The minimum Gasteiger partial charge on any atom is -0.249 e.